The molecule has 0 bridgehead atoms. The summed E-state index contributed by atoms with van der Waals surface area (Å²) >= 11 is 0. The number of aryl methyl sites for hydroxylation is 1. The van der Waals surface area contributed by atoms with Gasteiger partial charge in [0, 0.05) is 5.92 Å². The molecule has 0 unspecified atom stereocenters. The van der Waals surface area contributed by atoms with Crippen LogP contribution in [0.25, 0.3) is 0 Å². The SMILES string of the molecule is CC[C@H]1[C@H]2[C@@H]3CCc4cc(O)ccc4[C@H]3[C@@H](F)C[C@]2(C)C[C@H]1O. The Labute approximate surface area is 137 Å². The molecule has 2 fully saturated rings. The topological polar surface area (TPSA) is 40.5 Å². The minimum Gasteiger partial charge on any atom is -0.508 e. The highest BCUT2D eigenvalue weighted by molar-refractivity contribution is 5.41. The van der Waals surface area contributed by atoms with E-state index >= 15 is 4.39 Å². The van der Waals surface area contributed by atoms with E-state index in [1.807, 2.05) is 12.1 Å². The predicted octanol–water partition coefficient (Wildman–Crippen LogP) is 4.19. The molecule has 4 rings (SSSR count). The van der Waals surface area contributed by atoms with Crippen molar-refractivity contribution in [3.8, 4) is 5.75 Å². The maximum Gasteiger partial charge on any atom is 0.115 e. The fraction of sp³-hybridized carbons (Fsp3) is 0.700. The van der Waals surface area contributed by atoms with Crippen molar-refractivity contribution in [2.45, 2.75) is 64.1 Å². The number of halogens is 1. The summed E-state index contributed by atoms with van der Waals surface area (Å²) in [4.78, 5) is 0. The fourth-order valence-electron chi connectivity index (χ4n) is 6.41. The zero-order chi connectivity index (χ0) is 16.4. The van der Waals surface area contributed by atoms with Gasteiger partial charge in [-0.1, -0.05) is 26.3 Å². The number of phenols is 1. The minimum absolute atomic E-state index is 0.0585. The average molecular weight is 318 g/mol. The Morgan fingerprint density at radius 1 is 1.30 bits per heavy atom. The maximum atomic E-state index is 15.2. The summed E-state index contributed by atoms with van der Waals surface area (Å²) in [6.45, 7) is 4.36. The zero-order valence-corrected chi connectivity index (χ0v) is 14.0. The van der Waals surface area contributed by atoms with Crippen molar-refractivity contribution >= 4 is 0 Å². The number of phenolic OH excluding ortho intramolecular Hbond substituents is 1. The lowest BCUT2D eigenvalue weighted by atomic mass is 9.53. The first-order valence-corrected chi connectivity index (χ1v) is 9.08. The van der Waals surface area contributed by atoms with Gasteiger partial charge in [0.1, 0.15) is 11.9 Å². The number of fused-ring (bicyclic) bond motifs is 5. The highest BCUT2D eigenvalue weighted by Crippen LogP contribution is 2.63. The standard InChI is InChI=1S/C20H27FO2/c1-3-13-17(23)10-20(2)9-16(21)18-14-7-5-12(22)8-11(14)4-6-15(18)19(13)20/h5,7-8,13,15-19,22-23H,3-4,6,9-10H2,1-2H3/t13-,15-,16+,17-,18-,19+,20-/m1/s1. The Morgan fingerprint density at radius 3 is 2.83 bits per heavy atom. The van der Waals surface area contributed by atoms with E-state index in [0.29, 0.717) is 24.2 Å². The molecule has 0 aliphatic heterocycles. The van der Waals surface area contributed by atoms with Gasteiger partial charge in [-0.3, -0.25) is 0 Å². The lowest BCUT2D eigenvalue weighted by Crippen LogP contribution is -2.47. The quantitative estimate of drug-likeness (QED) is 0.815. The molecular formula is C20H27FO2. The van der Waals surface area contributed by atoms with Crippen LogP contribution < -0.4 is 0 Å². The van der Waals surface area contributed by atoms with Gasteiger partial charge in [-0.25, -0.2) is 4.39 Å². The van der Waals surface area contributed by atoms with Crippen LogP contribution in [0.15, 0.2) is 18.2 Å². The molecule has 3 aliphatic carbocycles. The molecule has 2 saturated carbocycles. The van der Waals surface area contributed by atoms with Crippen molar-refractivity contribution in [1.29, 1.82) is 0 Å². The molecule has 3 heteroatoms. The second kappa shape index (κ2) is 5.20. The van der Waals surface area contributed by atoms with E-state index in [2.05, 4.69) is 13.8 Å². The maximum absolute atomic E-state index is 15.2. The molecule has 126 valence electrons. The van der Waals surface area contributed by atoms with Crippen molar-refractivity contribution in [3.05, 3.63) is 29.3 Å². The van der Waals surface area contributed by atoms with Gasteiger partial charge in [-0.05, 0) is 72.1 Å². The van der Waals surface area contributed by atoms with Crippen LogP contribution in [0, 0.1) is 23.2 Å². The van der Waals surface area contributed by atoms with Gasteiger partial charge < -0.3 is 10.2 Å². The van der Waals surface area contributed by atoms with E-state index in [1.54, 1.807) is 6.07 Å². The van der Waals surface area contributed by atoms with Crippen molar-refractivity contribution in [1.82, 2.24) is 0 Å². The molecule has 0 amide bonds. The summed E-state index contributed by atoms with van der Waals surface area (Å²) in [6.07, 6.45) is 3.07. The number of aromatic hydroxyl groups is 1. The molecule has 7 atom stereocenters. The first-order valence-electron chi connectivity index (χ1n) is 9.08. The largest absolute Gasteiger partial charge is 0.508 e. The van der Waals surface area contributed by atoms with Gasteiger partial charge in [0.05, 0.1) is 6.10 Å². The number of hydrogen-bond acceptors (Lipinski definition) is 2. The van der Waals surface area contributed by atoms with E-state index in [0.717, 1.165) is 36.8 Å². The molecule has 0 radical (unpaired) electrons. The van der Waals surface area contributed by atoms with E-state index in [1.165, 1.54) is 0 Å². The molecule has 3 aliphatic rings. The Hall–Kier alpha value is -1.09. The number of aliphatic hydroxyl groups is 1. The molecule has 1 aromatic carbocycles. The number of alkyl halides is 1. The van der Waals surface area contributed by atoms with Crippen molar-refractivity contribution < 1.29 is 14.6 Å². The van der Waals surface area contributed by atoms with Crippen molar-refractivity contribution in [2.24, 2.45) is 23.2 Å². The molecule has 2 nitrogen and oxygen atoms in total. The third-order valence-corrected chi connectivity index (χ3v) is 7.11. The van der Waals surface area contributed by atoms with E-state index < -0.39 is 6.17 Å². The highest BCUT2D eigenvalue weighted by atomic mass is 19.1. The number of rotatable bonds is 1. The summed E-state index contributed by atoms with van der Waals surface area (Å²) in [5.41, 5.74) is 2.16. The van der Waals surface area contributed by atoms with Crippen molar-refractivity contribution in [3.63, 3.8) is 0 Å². The van der Waals surface area contributed by atoms with Crippen LogP contribution in [0.1, 0.15) is 56.6 Å². The third-order valence-electron chi connectivity index (χ3n) is 7.11. The molecule has 23 heavy (non-hydrogen) atoms. The second-order valence-corrected chi connectivity index (χ2v) is 8.35. The molecule has 0 aromatic heterocycles. The smallest absolute Gasteiger partial charge is 0.115 e. The molecule has 0 saturated heterocycles. The van der Waals surface area contributed by atoms with E-state index in [9.17, 15) is 10.2 Å². The van der Waals surface area contributed by atoms with Gasteiger partial charge in [0.15, 0.2) is 0 Å². The summed E-state index contributed by atoms with van der Waals surface area (Å²) in [7, 11) is 0. The predicted molar refractivity (Wildman–Crippen MR) is 88.2 cm³/mol. The van der Waals surface area contributed by atoms with Gasteiger partial charge in [-0.2, -0.15) is 0 Å². The monoisotopic (exact) mass is 318 g/mol. The normalized spacial score (nSPS) is 45.2. The van der Waals surface area contributed by atoms with E-state index in [-0.39, 0.29) is 23.2 Å². The first kappa shape index (κ1) is 15.4. The lowest BCUT2D eigenvalue weighted by Gasteiger charge is -2.52. The van der Waals surface area contributed by atoms with Crippen LogP contribution in [0.5, 0.6) is 5.75 Å². The van der Waals surface area contributed by atoms with Crippen LogP contribution in [-0.2, 0) is 6.42 Å². The summed E-state index contributed by atoms with van der Waals surface area (Å²) in [6, 6.07) is 5.44. The second-order valence-electron chi connectivity index (χ2n) is 8.35. The Morgan fingerprint density at radius 2 is 2.09 bits per heavy atom. The Kier molecular flexibility index (Phi) is 3.49. The van der Waals surface area contributed by atoms with Gasteiger partial charge >= 0.3 is 0 Å². The van der Waals surface area contributed by atoms with Gasteiger partial charge in [-0.15, -0.1) is 0 Å². The van der Waals surface area contributed by atoms with Crippen LogP contribution >= 0.6 is 0 Å². The average Bonchev–Trinajstić information content (AvgIpc) is 2.75. The number of benzene rings is 1. The Bertz CT molecular complexity index is 616. The molecule has 0 spiro atoms. The van der Waals surface area contributed by atoms with Crippen LogP contribution in [-0.4, -0.2) is 22.5 Å². The highest BCUT2D eigenvalue weighted by Gasteiger charge is 2.59. The van der Waals surface area contributed by atoms with Crippen molar-refractivity contribution in [2.75, 3.05) is 0 Å². The molecule has 1 aromatic rings. The summed E-state index contributed by atoms with van der Waals surface area (Å²) < 4.78 is 15.2. The molecule has 0 heterocycles. The molecular weight excluding hydrogens is 291 g/mol. The van der Waals surface area contributed by atoms with E-state index in [4.69, 9.17) is 0 Å². The van der Waals surface area contributed by atoms with Crippen LogP contribution in [0.2, 0.25) is 0 Å². The van der Waals surface area contributed by atoms with Crippen LogP contribution in [0.4, 0.5) is 4.39 Å². The number of hydrogen-bond donors (Lipinski definition) is 2. The van der Waals surface area contributed by atoms with Gasteiger partial charge in [0.2, 0.25) is 0 Å². The number of aliphatic hydroxyl groups excluding tert-OH is 1. The lowest BCUT2D eigenvalue weighted by molar-refractivity contribution is -0.0183. The molecule has 2 N–H and O–H groups in total. The minimum atomic E-state index is -0.840. The van der Waals surface area contributed by atoms with Crippen LogP contribution in [0.3, 0.4) is 0 Å². The Balaban J connectivity index is 1.77. The third kappa shape index (κ3) is 2.15. The fourth-order valence-corrected chi connectivity index (χ4v) is 6.41. The zero-order valence-electron chi connectivity index (χ0n) is 14.0. The summed E-state index contributed by atoms with van der Waals surface area (Å²) in [5.74, 6) is 1.26. The van der Waals surface area contributed by atoms with Gasteiger partial charge in [0.25, 0.3) is 0 Å². The summed E-state index contributed by atoms with van der Waals surface area (Å²) in [5, 5.41) is 20.3. The first-order chi connectivity index (χ1) is 10.9.